The van der Waals surface area contributed by atoms with E-state index in [-0.39, 0.29) is 18.0 Å². The molecule has 5 nitrogen and oxygen atoms in total. The maximum Gasteiger partial charge on any atom is 0.263 e. The van der Waals surface area contributed by atoms with Crippen molar-refractivity contribution in [3.8, 4) is 10.4 Å². The van der Waals surface area contributed by atoms with Crippen molar-refractivity contribution in [2.75, 3.05) is 5.32 Å². The van der Waals surface area contributed by atoms with Gasteiger partial charge in [0.15, 0.2) is 0 Å². The highest BCUT2D eigenvalue weighted by atomic mass is 32.1. The predicted octanol–water partition coefficient (Wildman–Crippen LogP) is 3.89. The number of amides is 1. The van der Waals surface area contributed by atoms with Gasteiger partial charge in [-0.25, -0.2) is 4.98 Å². The summed E-state index contributed by atoms with van der Waals surface area (Å²) < 4.78 is 1.36. The fourth-order valence-electron chi connectivity index (χ4n) is 2.38. The molecule has 0 saturated heterocycles. The van der Waals surface area contributed by atoms with Crippen molar-refractivity contribution >= 4 is 55.8 Å². The van der Waals surface area contributed by atoms with E-state index in [9.17, 15) is 9.59 Å². The molecule has 0 spiro atoms. The molecule has 4 rings (SSSR count). The molecule has 0 aliphatic heterocycles. The molecule has 4 aromatic rings. The number of rotatable bonds is 4. The predicted molar refractivity (Wildman–Crippen MR) is 100 cm³/mol. The Bertz CT molecular complexity index is 1050. The number of aromatic nitrogens is 2. The molecule has 0 aliphatic rings. The van der Waals surface area contributed by atoms with Crippen molar-refractivity contribution in [2.24, 2.45) is 0 Å². The molecule has 0 unspecified atom stereocenters. The summed E-state index contributed by atoms with van der Waals surface area (Å²) in [7, 11) is 0. The van der Waals surface area contributed by atoms with E-state index in [4.69, 9.17) is 0 Å². The van der Waals surface area contributed by atoms with E-state index in [1.165, 1.54) is 33.6 Å². The fourth-order valence-corrected chi connectivity index (χ4v) is 4.69. The van der Waals surface area contributed by atoms with Crippen LogP contribution in [-0.2, 0) is 11.3 Å². The Kier molecular flexibility index (Phi) is 4.01. The van der Waals surface area contributed by atoms with Crippen LogP contribution in [0.5, 0.6) is 0 Å². The molecular formula is C16H11N3O2S3. The van der Waals surface area contributed by atoms with E-state index >= 15 is 0 Å². The average Bonchev–Trinajstić information content (AvgIpc) is 3.29. The number of thiophene rings is 3. The molecule has 0 aromatic carbocycles. The maximum absolute atomic E-state index is 12.8. The highest BCUT2D eigenvalue weighted by Crippen LogP contribution is 2.33. The highest BCUT2D eigenvalue weighted by molar-refractivity contribution is 7.18. The van der Waals surface area contributed by atoms with E-state index in [1.54, 1.807) is 11.3 Å². The van der Waals surface area contributed by atoms with E-state index in [0.29, 0.717) is 10.2 Å². The van der Waals surface area contributed by atoms with Gasteiger partial charge in [0.2, 0.25) is 5.91 Å². The van der Waals surface area contributed by atoms with Crippen LogP contribution in [0.25, 0.3) is 20.7 Å². The fraction of sp³-hybridized carbons (Fsp3) is 0.0625. The van der Waals surface area contributed by atoms with Crippen LogP contribution in [0.3, 0.4) is 0 Å². The van der Waals surface area contributed by atoms with Gasteiger partial charge in [-0.3, -0.25) is 14.2 Å². The Balaban J connectivity index is 1.69. The van der Waals surface area contributed by atoms with Crippen LogP contribution >= 0.6 is 34.0 Å². The van der Waals surface area contributed by atoms with Crippen molar-refractivity contribution < 1.29 is 4.79 Å². The lowest BCUT2D eigenvalue weighted by Gasteiger charge is -2.06. The molecule has 0 radical (unpaired) electrons. The van der Waals surface area contributed by atoms with Crippen LogP contribution in [0.1, 0.15) is 0 Å². The summed E-state index contributed by atoms with van der Waals surface area (Å²) >= 11 is 4.52. The molecule has 4 aromatic heterocycles. The van der Waals surface area contributed by atoms with Crippen LogP contribution < -0.4 is 10.9 Å². The SMILES string of the molecule is O=C(Cn1cnc2scc(-c3cccs3)c2c1=O)Nc1ccsc1. The summed E-state index contributed by atoms with van der Waals surface area (Å²) in [5.74, 6) is -0.246. The first kappa shape index (κ1) is 15.3. The van der Waals surface area contributed by atoms with Crippen molar-refractivity contribution in [1.29, 1.82) is 0 Å². The molecule has 4 heterocycles. The smallest absolute Gasteiger partial charge is 0.263 e. The first-order chi connectivity index (χ1) is 11.7. The van der Waals surface area contributed by atoms with E-state index in [0.717, 1.165) is 16.1 Å². The molecule has 0 atom stereocenters. The number of fused-ring (bicyclic) bond motifs is 1. The van der Waals surface area contributed by atoms with E-state index < -0.39 is 0 Å². The van der Waals surface area contributed by atoms with Gasteiger partial charge in [0.1, 0.15) is 11.4 Å². The zero-order valence-corrected chi connectivity index (χ0v) is 14.7. The number of nitrogens with one attached hydrogen (secondary N) is 1. The summed E-state index contributed by atoms with van der Waals surface area (Å²) in [5.41, 5.74) is 1.43. The molecule has 0 fully saturated rings. The van der Waals surface area contributed by atoms with Gasteiger partial charge in [-0.1, -0.05) is 6.07 Å². The second-order valence-corrected chi connectivity index (χ2v) is 7.63. The first-order valence-corrected chi connectivity index (χ1v) is 9.75. The van der Waals surface area contributed by atoms with Crippen LogP contribution in [0.2, 0.25) is 0 Å². The molecule has 120 valence electrons. The van der Waals surface area contributed by atoms with Gasteiger partial charge >= 0.3 is 0 Å². The Morgan fingerprint density at radius 3 is 2.88 bits per heavy atom. The third-order valence-corrected chi connectivity index (χ3v) is 5.94. The second-order valence-electron chi connectivity index (χ2n) is 5.04. The Labute approximate surface area is 148 Å². The third kappa shape index (κ3) is 2.79. The van der Waals surface area contributed by atoms with Gasteiger partial charge in [-0.2, -0.15) is 11.3 Å². The van der Waals surface area contributed by atoms with Crippen LogP contribution in [-0.4, -0.2) is 15.5 Å². The van der Waals surface area contributed by atoms with Gasteiger partial charge in [0, 0.05) is 21.2 Å². The maximum atomic E-state index is 12.8. The first-order valence-electron chi connectivity index (χ1n) is 7.05. The third-order valence-electron chi connectivity index (χ3n) is 3.47. The minimum Gasteiger partial charge on any atom is -0.324 e. The molecule has 24 heavy (non-hydrogen) atoms. The van der Waals surface area contributed by atoms with Gasteiger partial charge in [-0.05, 0) is 22.9 Å². The molecule has 0 saturated carbocycles. The lowest BCUT2D eigenvalue weighted by molar-refractivity contribution is -0.116. The number of anilines is 1. The summed E-state index contributed by atoms with van der Waals surface area (Å²) in [6, 6.07) is 5.75. The van der Waals surface area contributed by atoms with Crippen molar-refractivity contribution in [3.05, 3.63) is 56.4 Å². The van der Waals surface area contributed by atoms with E-state index in [1.807, 2.05) is 39.7 Å². The standard InChI is InChI=1S/C16H11N3O2S3/c20-13(18-10-3-5-22-7-10)6-19-9-17-15-14(16(19)21)11(8-24-15)12-2-1-4-23-12/h1-5,7-9H,6H2,(H,18,20). The van der Waals surface area contributed by atoms with Crippen LogP contribution in [0.15, 0.2) is 50.8 Å². The quantitative estimate of drug-likeness (QED) is 0.590. The van der Waals surface area contributed by atoms with Gasteiger partial charge in [-0.15, -0.1) is 22.7 Å². The second kappa shape index (κ2) is 6.31. The number of carbonyl (C=O) groups excluding carboxylic acids is 1. The topological polar surface area (TPSA) is 64.0 Å². The molecule has 8 heteroatoms. The minimum absolute atomic E-state index is 0.0582. The Morgan fingerprint density at radius 1 is 1.21 bits per heavy atom. The molecule has 0 aliphatic carbocycles. The number of hydrogen-bond acceptors (Lipinski definition) is 6. The molecule has 1 N–H and O–H groups in total. The summed E-state index contributed by atoms with van der Waals surface area (Å²) in [6.45, 7) is -0.0582. The van der Waals surface area contributed by atoms with Crippen molar-refractivity contribution in [2.45, 2.75) is 6.54 Å². The van der Waals surface area contributed by atoms with Crippen LogP contribution in [0, 0.1) is 0 Å². The largest absolute Gasteiger partial charge is 0.324 e. The summed E-state index contributed by atoms with van der Waals surface area (Å²) in [6.07, 6.45) is 1.44. The van der Waals surface area contributed by atoms with Gasteiger partial charge < -0.3 is 5.32 Å². The lowest BCUT2D eigenvalue weighted by atomic mass is 10.2. The van der Waals surface area contributed by atoms with Crippen molar-refractivity contribution in [3.63, 3.8) is 0 Å². The Morgan fingerprint density at radius 2 is 2.12 bits per heavy atom. The molecular weight excluding hydrogens is 362 g/mol. The normalized spacial score (nSPS) is 11.0. The van der Waals surface area contributed by atoms with Crippen molar-refractivity contribution in [1.82, 2.24) is 9.55 Å². The average molecular weight is 373 g/mol. The van der Waals surface area contributed by atoms with Gasteiger partial charge in [0.05, 0.1) is 17.4 Å². The zero-order chi connectivity index (χ0) is 16.5. The number of nitrogens with zero attached hydrogens (tertiary/aromatic N) is 2. The monoisotopic (exact) mass is 373 g/mol. The summed E-state index contributed by atoms with van der Waals surface area (Å²) in [5, 5.41) is 11.0. The zero-order valence-electron chi connectivity index (χ0n) is 12.3. The highest BCUT2D eigenvalue weighted by Gasteiger charge is 2.15. The number of hydrogen-bond donors (Lipinski definition) is 1. The number of carbonyl (C=O) groups is 1. The van der Waals surface area contributed by atoms with Crippen LogP contribution in [0.4, 0.5) is 5.69 Å². The minimum atomic E-state index is -0.246. The lowest BCUT2D eigenvalue weighted by Crippen LogP contribution is -2.27. The van der Waals surface area contributed by atoms with Gasteiger partial charge in [0.25, 0.3) is 5.56 Å². The van der Waals surface area contributed by atoms with E-state index in [2.05, 4.69) is 10.3 Å². The Hall–Kier alpha value is -2.29. The molecule has 0 bridgehead atoms. The summed E-state index contributed by atoms with van der Waals surface area (Å²) in [4.78, 5) is 31.0. The molecule has 1 amide bonds.